The highest BCUT2D eigenvalue weighted by molar-refractivity contribution is 5.94. The topological polar surface area (TPSA) is 47.8 Å². The molecule has 0 spiro atoms. The first-order chi connectivity index (χ1) is 7.70. The van der Waals surface area contributed by atoms with Gasteiger partial charge in [0.05, 0.1) is 6.20 Å². The summed E-state index contributed by atoms with van der Waals surface area (Å²) >= 11 is 0. The van der Waals surface area contributed by atoms with Crippen molar-refractivity contribution in [2.24, 2.45) is 0 Å². The van der Waals surface area contributed by atoms with Gasteiger partial charge in [0, 0.05) is 18.0 Å². The average molecular weight is 215 g/mol. The predicted molar refractivity (Wildman–Crippen MR) is 60.7 cm³/mol. The zero-order valence-electron chi connectivity index (χ0n) is 9.34. The largest absolute Gasteiger partial charge is 0.295 e. The van der Waals surface area contributed by atoms with Gasteiger partial charge < -0.3 is 0 Å². The van der Waals surface area contributed by atoms with Crippen LogP contribution in [0.5, 0.6) is 0 Å². The molecule has 2 aromatic rings. The Morgan fingerprint density at radius 3 is 2.94 bits per heavy atom. The summed E-state index contributed by atoms with van der Waals surface area (Å²) in [7, 11) is 0. The molecule has 0 fully saturated rings. The van der Waals surface area contributed by atoms with Crippen molar-refractivity contribution in [1.29, 1.82) is 0 Å². The van der Waals surface area contributed by atoms with E-state index >= 15 is 0 Å². The molecule has 0 atom stereocenters. The molecule has 0 aromatic carbocycles. The molecule has 0 aliphatic heterocycles. The number of aryl methyl sites for hydroxylation is 1. The van der Waals surface area contributed by atoms with Crippen molar-refractivity contribution in [2.75, 3.05) is 0 Å². The molecule has 0 unspecified atom stereocenters. The van der Waals surface area contributed by atoms with Gasteiger partial charge in [-0.1, -0.05) is 6.92 Å². The van der Waals surface area contributed by atoms with Crippen molar-refractivity contribution in [2.45, 2.75) is 20.3 Å². The molecule has 2 rings (SSSR count). The minimum absolute atomic E-state index is 0.0338. The van der Waals surface area contributed by atoms with E-state index in [9.17, 15) is 4.79 Å². The molecule has 2 heterocycles. The molecule has 4 heteroatoms. The van der Waals surface area contributed by atoms with E-state index in [1.165, 1.54) is 0 Å². The van der Waals surface area contributed by atoms with E-state index in [1.807, 2.05) is 12.4 Å². The highest BCUT2D eigenvalue weighted by atomic mass is 16.1. The Morgan fingerprint density at radius 1 is 1.50 bits per heavy atom. The summed E-state index contributed by atoms with van der Waals surface area (Å²) < 4.78 is 1.69. The number of ketones is 1. The summed E-state index contributed by atoms with van der Waals surface area (Å²) in [6.45, 7) is 3.61. The number of hydrogen-bond donors (Lipinski definition) is 0. The minimum atomic E-state index is 0.0338. The van der Waals surface area contributed by atoms with Crippen molar-refractivity contribution in [1.82, 2.24) is 14.8 Å². The molecular weight excluding hydrogens is 202 g/mol. The Bertz CT molecular complexity index is 516. The van der Waals surface area contributed by atoms with Gasteiger partial charge in [0.1, 0.15) is 0 Å². The monoisotopic (exact) mass is 215 g/mol. The van der Waals surface area contributed by atoms with Crippen LogP contribution in [0.2, 0.25) is 0 Å². The SMILES string of the molecule is CCc1cnn(-c2cc(C(C)=O)ccn2)c1. The number of carbonyl (C=O) groups is 1. The molecule has 82 valence electrons. The van der Waals surface area contributed by atoms with Crippen LogP contribution in [0.25, 0.3) is 5.82 Å². The van der Waals surface area contributed by atoms with Gasteiger partial charge >= 0.3 is 0 Å². The number of pyridine rings is 1. The molecule has 0 saturated heterocycles. The first-order valence-electron chi connectivity index (χ1n) is 5.21. The molecule has 4 nitrogen and oxygen atoms in total. The molecule has 0 N–H and O–H groups in total. The molecule has 0 aliphatic rings. The quantitative estimate of drug-likeness (QED) is 0.736. The third-order valence-electron chi connectivity index (χ3n) is 2.43. The van der Waals surface area contributed by atoms with Crippen molar-refractivity contribution >= 4 is 5.78 Å². The lowest BCUT2D eigenvalue weighted by Gasteiger charge is -2.01. The Labute approximate surface area is 93.9 Å². The van der Waals surface area contributed by atoms with Gasteiger partial charge in [0.15, 0.2) is 11.6 Å². The number of carbonyl (C=O) groups excluding carboxylic acids is 1. The molecular formula is C12H13N3O. The number of rotatable bonds is 3. The Hall–Kier alpha value is -1.97. The Kier molecular flexibility index (Phi) is 2.81. The summed E-state index contributed by atoms with van der Waals surface area (Å²) in [5.41, 5.74) is 1.80. The maximum atomic E-state index is 11.2. The number of hydrogen-bond acceptors (Lipinski definition) is 3. The highest BCUT2D eigenvalue weighted by Gasteiger charge is 2.04. The fraction of sp³-hybridized carbons (Fsp3) is 0.250. The number of aromatic nitrogens is 3. The molecule has 0 aliphatic carbocycles. The molecule has 16 heavy (non-hydrogen) atoms. The van der Waals surface area contributed by atoms with E-state index < -0.39 is 0 Å². The van der Waals surface area contributed by atoms with E-state index in [0.717, 1.165) is 12.0 Å². The molecule has 2 aromatic heterocycles. The number of nitrogens with zero attached hydrogens (tertiary/aromatic N) is 3. The zero-order chi connectivity index (χ0) is 11.5. The lowest BCUT2D eigenvalue weighted by atomic mass is 10.2. The van der Waals surface area contributed by atoms with Gasteiger partial charge in [-0.25, -0.2) is 9.67 Å². The lowest BCUT2D eigenvalue weighted by molar-refractivity contribution is 0.101. The van der Waals surface area contributed by atoms with Gasteiger partial charge in [-0.05, 0) is 31.0 Å². The van der Waals surface area contributed by atoms with Crippen LogP contribution < -0.4 is 0 Å². The maximum absolute atomic E-state index is 11.2. The van der Waals surface area contributed by atoms with Gasteiger partial charge in [-0.2, -0.15) is 5.10 Å². The number of Topliss-reactive ketones (excluding diaryl/α,β-unsaturated/α-hetero) is 1. The third kappa shape index (κ3) is 2.00. The average Bonchev–Trinajstić information content (AvgIpc) is 2.77. The first-order valence-corrected chi connectivity index (χ1v) is 5.21. The van der Waals surface area contributed by atoms with Crippen LogP contribution in [0.3, 0.4) is 0 Å². The van der Waals surface area contributed by atoms with Crippen LogP contribution in [0.15, 0.2) is 30.7 Å². The Morgan fingerprint density at radius 2 is 2.31 bits per heavy atom. The van der Waals surface area contributed by atoms with Gasteiger partial charge in [0.2, 0.25) is 0 Å². The fourth-order valence-corrected chi connectivity index (χ4v) is 1.43. The summed E-state index contributed by atoms with van der Waals surface area (Å²) in [6.07, 6.45) is 6.29. The van der Waals surface area contributed by atoms with Crippen LogP contribution in [0.4, 0.5) is 0 Å². The normalized spacial score (nSPS) is 10.4. The Balaban J connectivity index is 2.40. The predicted octanol–water partition coefficient (Wildman–Crippen LogP) is 2.03. The van der Waals surface area contributed by atoms with E-state index in [1.54, 1.807) is 29.9 Å². The molecule has 0 bridgehead atoms. The molecule has 0 radical (unpaired) electrons. The van der Waals surface area contributed by atoms with Gasteiger partial charge in [-0.15, -0.1) is 0 Å². The second-order valence-corrected chi connectivity index (χ2v) is 3.61. The highest BCUT2D eigenvalue weighted by Crippen LogP contribution is 2.08. The summed E-state index contributed by atoms with van der Waals surface area (Å²) in [5, 5.41) is 4.20. The summed E-state index contributed by atoms with van der Waals surface area (Å²) in [4.78, 5) is 15.4. The van der Waals surface area contributed by atoms with Crippen LogP contribution in [0, 0.1) is 0 Å². The second-order valence-electron chi connectivity index (χ2n) is 3.61. The smallest absolute Gasteiger partial charge is 0.159 e. The lowest BCUT2D eigenvalue weighted by Crippen LogP contribution is -2.00. The molecule has 0 saturated carbocycles. The van der Waals surface area contributed by atoms with Crippen molar-refractivity contribution in [3.63, 3.8) is 0 Å². The zero-order valence-corrected chi connectivity index (χ0v) is 9.34. The van der Waals surface area contributed by atoms with Crippen LogP contribution in [-0.4, -0.2) is 20.5 Å². The standard InChI is InChI=1S/C12H13N3O/c1-3-10-7-14-15(8-10)12-6-11(9(2)16)4-5-13-12/h4-8H,3H2,1-2H3. The van der Waals surface area contributed by atoms with E-state index in [4.69, 9.17) is 0 Å². The van der Waals surface area contributed by atoms with E-state index in [0.29, 0.717) is 11.4 Å². The van der Waals surface area contributed by atoms with Crippen molar-refractivity contribution in [3.05, 3.63) is 41.9 Å². The van der Waals surface area contributed by atoms with Crippen LogP contribution in [-0.2, 0) is 6.42 Å². The van der Waals surface area contributed by atoms with E-state index in [-0.39, 0.29) is 5.78 Å². The van der Waals surface area contributed by atoms with Crippen LogP contribution in [0.1, 0.15) is 29.8 Å². The molecule has 0 amide bonds. The van der Waals surface area contributed by atoms with Gasteiger partial charge in [-0.3, -0.25) is 4.79 Å². The van der Waals surface area contributed by atoms with Crippen molar-refractivity contribution < 1.29 is 4.79 Å². The van der Waals surface area contributed by atoms with E-state index in [2.05, 4.69) is 17.0 Å². The second kappa shape index (κ2) is 4.26. The third-order valence-corrected chi connectivity index (χ3v) is 2.43. The maximum Gasteiger partial charge on any atom is 0.159 e. The van der Waals surface area contributed by atoms with Crippen molar-refractivity contribution in [3.8, 4) is 5.82 Å². The summed E-state index contributed by atoms with van der Waals surface area (Å²) in [6, 6.07) is 3.45. The minimum Gasteiger partial charge on any atom is -0.295 e. The first kappa shape index (κ1) is 10.5. The van der Waals surface area contributed by atoms with Gasteiger partial charge in [0.25, 0.3) is 0 Å². The summed E-state index contributed by atoms with van der Waals surface area (Å²) in [5.74, 6) is 0.707. The fourth-order valence-electron chi connectivity index (χ4n) is 1.43. The van der Waals surface area contributed by atoms with Crippen LogP contribution >= 0.6 is 0 Å².